The van der Waals surface area contributed by atoms with Crippen molar-refractivity contribution in [3.63, 3.8) is 0 Å². The van der Waals surface area contributed by atoms with Gasteiger partial charge in [-0.05, 0) is 41.6 Å². The van der Waals surface area contributed by atoms with E-state index < -0.39 is 11.2 Å². The molecule has 0 spiro atoms. The molecule has 1 fully saturated rings. The van der Waals surface area contributed by atoms with Gasteiger partial charge >= 0.3 is 0 Å². The summed E-state index contributed by atoms with van der Waals surface area (Å²) < 4.78 is 18.5. The first-order chi connectivity index (χ1) is 12.7. The number of pyridine rings is 1. The van der Waals surface area contributed by atoms with Gasteiger partial charge in [0.05, 0.1) is 12.3 Å². The Kier molecular flexibility index (Phi) is 5.08. The van der Waals surface area contributed by atoms with E-state index in [9.17, 15) is 4.55 Å². The van der Waals surface area contributed by atoms with Gasteiger partial charge in [0.1, 0.15) is 22.6 Å². The zero-order chi connectivity index (χ0) is 18.1. The SMILES string of the molecule is COCCC[S@@+]([O-])c1sc2nc(-c3cncnc3)cc(C3CC3)c2c1N. The zero-order valence-corrected chi connectivity index (χ0v) is 16.1. The molecule has 1 aliphatic carbocycles. The maximum atomic E-state index is 12.7. The van der Waals surface area contributed by atoms with Crippen LogP contribution in [0.5, 0.6) is 0 Å². The van der Waals surface area contributed by atoms with Crippen LogP contribution in [0.15, 0.2) is 29.0 Å². The Labute approximate surface area is 159 Å². The fourth-order valence-corrected chi connectivity index (χ4v) is 5.65. The summed E-state index contributed by atoms with van der Waals surface area (Å²) >= 11 is 0.308. The van der Waals surface area contributed by atoms with Crippen LogP contribution >= 0.6 is 11.3 Å². The second-order valence-corrected chi connectivity index (χ2v) is 9.14. The van der Waals surface area contributed by atoms with Crippen LogP contribution in [0.25, 0.3) is 21.5 Å². The maximum Gasteiger partial charge on any atom is 0.232 e. The third kappa shape index (κ3) is 3.42. The number of aromatic nitrogens is 3. The second-order valence-electron chi connectivity index (χ2n) is 6.38. The molecule has 1 saturated carbocycles. The Bertz CT molecular complexity index is 912. The van der Waals surface area contributed by atoms with Crippen LogP contribution in [0.1, 0.15) is 30.7 Å². The lowest BCUT2D eigenvalue weighted by Crippen LogP contribution is -2.09. The molecule has 0 radical (unpaired) electrons. The fraction of sp³-hybridized carbons (Fsp3) is 0.389. The molecule has 0 amide bonds. The fourth-order valence-electron chi connectivity index (χ4n) is 3.02. The van der Waals surface area contributed by atoms with Gasteiger partial charge in [0, 0.05) is 36.9 Å². The van der Waals surface area contributed by atoms with E-state index in [1.807, 2.05) is 0 Å². The standard InChI is InChI=1S/C18H20N4O2S2/c1-24-5-2-6-26(23)18-16(19)15-13(11-3-4-11)7-14(22-17(15)25-18)12-8-20-10-21-9-12/h7-11H,2-6,19H2,1H3/t26-/m1/s1. The lowest BCUT2D eigenvalue weighted by molar-refractivity contribution is 0.199. The number of nitrogens with zero attached hydrogens (tertiary/aromatic N) is 3. The molecule has 136 valence electrons. The number of hydrogen-bond donors (Lipinski definition) is 1. The van der Waals surface area contributed by atoms with Crippen LogP contribution in [0.4, 0.5) is 5.69 Å². The van der Waals surface area contributed by atoms with E-state index in [2.05, 4.69) is 16.0 Å². The van der Waals surface area contributed by atoms with Crippen molar-refractivity contribution in [1.82, 2.24) is 15.0 Å². The summed E-state index contributed by atoms with van der Waals surface area (Å²) in [7, 11) is 1.65. The van der Waals surface area contributed by atoms with E-state index in [0.29, 0.717) is 24.0 Å². The number of thiophene rings is 1. The molecule has 1 aliphatic rings. The molecule has 3 aromatic rings. The van der Waals surface area contributed by atoms with Crippen molar-refractivity contribution in [2.45, 2.75) is 29.4 Å². The van der Waals surface area contributed by atoms with E-state index in [-0.39, 0.29) is 0 Å². The van der Waals surface area contributed by atoms with Crippen LogP contribution in [-0.4, -0.2) is 39.0 Å². The van der Waals surface area contributed by atoms with Crippen molar-refractivity contribution in [3.05, 3.63) is 30.4 Å². The first-order valence-electron chi connectivity index (χ1n) is 8.54. The predicted molar refractivity (Wildman–Crippen MR) is 105 cm³/mol. The van der Waals surface area contributed by atoms with Gasteiger partial charge in [-0.2, -0.15) is 0 Å². The highest BCUT2D eigenvalue weighted by atomic mass is 32.2. The Morgan fingerprint density at radius 3 is 2.81 bits per heavy atom. The van der Waals surface area contributed by atoms with Gasteiger partial charge in [-0.15, -0.1) is 0 Å². The molecule has 0 saturated heterocycles. The molecular formula is C18H20N4O2S2. The number of rotatable bonds is 7. The quantitative estimate of drug-likeness (QED) is 0.492. The normalized spacial score (nSPS) is 15.5. The van der Waals surface area contributed by atoms with E-state index in [4.69, 9.17) is 15.5 Å². The van der Waals surface area contributed by atoms with Gasteiger partial charge in [-0.3, -0.25) is 0 Å². The minimum atomic E-state index is -1.13. The molecule has 4 rings (SSSR count). The smallest absolute Gasteiger partial charge is 0.232 e. The summed E-state index contributed by atoms with van der Waals surface area (Å²) in [6.45, 7) is 0.597. The molecule has 0 aromatic carbocycles. The van der Waals surface area contributed by atoms with Gasteiger partial charge in [0.15, 0.2) is 0 Å². The van der Waals surface area contributed by atoms with Crippen molar-refractivity contribution in [2.75, 3.05) is 25.2 Å². The number of nitrogens with two attached hydrogens (primary N) is 1. The number of fused-ring (bicyclic) bond motifs is 1. The minimum Gasteiger partial charge on any atom is -0.611 e. The van der Waals surface area contributed by atoms with Crippen LogP contribution in [0, 0.1) is 0 Å². The molecule has 2 N–H and O–H groups in total. The molecule has 3 heterocycles. The van der Waals surface area contributed by atoms with E-state index in [1.165, 1.54) is 23.2 Å². The Balaban J connectivity index is 1.78. The summed E-state index contributed by atoms with van der Waals surface area (Å²) in [6, 6.07) is 2.10. The first kappa shape index (κ1) is 17.7. The van der Waals surface area contributed by atoms with E-state index in [0.717, 1.165) is 44.9 Å². The molecule has 1 atom stereocenters. The number of hydrogen-bond acceptors (Lipinski definition) is 7. The average molecular weight is 389 g/mol. The monoisotopic (exact) mass is 388 g/mol. The molecule has 6 nitrogen and oxygen atoms in total. The Morgan fingerprint density at radius 1 is 1.35 bits per heavy atom. The Morgan fingerprint density at radius 2 is 2.12 bits per heavy atom. The molecule has 0 unspecified atom stereocenters. The zero-order valence-electron chi connectivity index (χ0n) is 14.5. The molecule has 0 aliphatic heterocycles. The van der Waals surface area contributed by atoms with Crippen molar-refractivity contribution in [2.24, 2.45) is 0 Å². The largest absolute Gasteiger partial charge is 0.611 e. The average Bonchev–Trinajstić information content (AvgIpc) is 3.46. The summed E-state index contributed by atoms with van der Waals surface area (Å²) in [4.78, 5) is 13.8. The van der Waals surface area contributed by atoms with Crippen molar-refractivity contribution in [3.8, 4) is 11.3 Å². The Hall–Kier alpha value is -1.74. The third-order valence-corrected chi connectivity index (χ3v) is 7.45. The van der Waals surface area contributed by atoms with Crippen LogP contribution in [0.3, 0.4) is 0 Å². The van der Waals surface area contributed by atoms with Gasteiger partial charge in [0.25, 0.3) is 0 Å². The van der Waals surface area contributed by atoms with Gasteiger partial charge in [-0.1, -0.05) is 11.3 Å². The van der Waals surface area contributed by atoms with Gasteiger partial charge in [-0.25, -0.2) is 15.0 Å². The summed E-state index contributed by atoms with van der Waals surface area (Å²) in [5.74, 6) is 1.05. The lowest BCUT2D eigenvalue weighted by Gasteiger charge is -2.09. The highest BCUT2D eigenvalue weighted by Gasteiger charge is 2.31. The van der Waals surface area contributed by atoms with Crippen LogP contribution in [0.2, 0.25) is 0 Å². The maximum absolute atomic E-state index is 12.7. The molecule has 0 bridgehead atoms. The summed E-state index contributed by atoms with van der Waals surface area (Å²) in [6.07, 6.45) is 8.09. The predicted octanol–water partition coefficient (Wildman–Crippen LogP) is 3.36. The highest BCUT2D eigenvalue weighted by Crippen LogP contribution is 2.48. The molecule has 3 aromatic heterocycles. The number of anilines is 1. The summed E-state index contributed by atoms with van der Waals surface area (Å²) in [5.41, 5.74) is 9.99. The highest BCUT2D eigenvalue weighted by molar-refractivity contribution is 7.93. The third-order valence-electron chi connectivity index (χ3n) is 4.45. The van der Waals surface area contributed by atoms with Gasteiger partial charge < -0.3 is 15.0 Å². The van der Waals surface area contributed by atoms with Crippen LogP contribution < -0.4 is 5.73 Å². The molecular weight excluding hydrogens is 368 g/mol. The second kappa shape index (κ2) is 7.48. The number of nitrogen functional groups attached to an aromatic ring is 1. The number of methoxy groups -OCH3 is 1. The first-order valence-corrected chi connectivity index (χ1v) is 10.7. The lowest BCUT2D eigenvalue weighted by atomic mass is 10.0. The van der Waals surface area contributed by atoms with E-state index in [1.54, 1.807) is 19.5 Å². The van der Waals surface area contributed by atoms with Gasteiger partial charge in [0.2, 0.25) is 4.21 Å². The minimum absolute atomic E-state index is 0.510. The number of ether oxygens (including phenoxy) is 1. The molecule has 26 heavy (non-hydrogen) atoms. The topological polar surface area (TPSA) is 97.0 Å². The van der Waals surface area contributed by atoms with Crippen molar-refractivity contribution in [1.29, 1.82) is 0 Å². The summed E-state index contributed by atoms with van der Waals surface area (Å²) in [5, 5.41) is 0.980. The van der Waals surface area contributed by atoms with Crippen molar-refractivity contribution >= 4 is 38.4 Å². The van der Waals surface area contributed by atoms with Crippen molar-refractivity contribution < 1.29 is 9.29 Å². The van der Waals surface area contributed by atoms with E-state index >= 15 is 0 Å². The van der Waals surface area contributed by atoms with Crippen LogP contribution in [-0.2, 0) is 15.9 Å². The molecule has 8 heteroatoms.